The minimum absolute atomic E-state index is 0.0273. The zero-order valence-corrected chi connectivity index (χ0v) is 15.7. The molecule has 0 spiro atoms. The molecule has 1 fully saturated rings. The summed E-state index contributed by atoms with van der Waals surface area (Å²) in [5.41, 5.74) is 2.88. The predicted molar refractivity (Wildman–Crippen MR) is 99.6 cm³/mol. The second-order valence-corrected chi connectivity index (χ2v) is 7.11. The molecule has 2 aromatic rings. The Morgan fingerprint density at radius 1 is 1.35 bits per heavy atom. The molecule has 6 heteroatoms. The average molecular weight is 357 g/mol. The van der Waals surface area contributed by atoms with Gasteiger partial charge < -0.3 is 14.6 Å². The number of hydrogen-bond acceptors (Lipinski definition) is 5. The predicted octanol–water partition coefficient (Wildman–Crippen LogP) is 2.77. The second-order valence-electron chi connectivity index (χ2n) is 7.11. The maximum Gasteiger partial charge on any atom is 0.222 e. The highest BCUT2D eigenvalue weighted by molar-refractivity contribution is 5.76. The van der Waals surface area contributed by atoms with Crippen molar-refractivity contribution in [2.24, 2.45) is 0 Å². The third-order valence-corrected chi connectivity index (χ3v) is 4.68. The van der Waals surface area contributed by atoms with Gasteiger partial charge in [-0.25, -0.2) is 0 Å². The van der Waals surface area contributed by atoms with Crippen LogP contribution >= 0.6 is 0 Å². The van der Waals surface area contributed by atoms with Crippen molar-refractivity contribution in [1.82, 2.24) is 15.4 Å². The molecule has 1 unspecified atom stereocenters. The molecule has 1 saturated heterocycles. The Kier molecular flexibility index (Phi) is 6.06. The van der Waals surface area contributed by atoms with Gasteiger partial charge in [0.05, 0.1) is 25.7 Å². The van der Waals surface area contributed by atoms with Crippen LogP contribution in [0.3, 0.4) is 0 Å². The molecule has 1 N–H and O–H groups in total. The zero-order chi connectivity index (χ0) is 18.5. The number of ether oxygens (including phenoxy) is 1. The van der Waals surface area contributed by atoms with E-state index in [0.717, 1.165) is 18.7 Å². The number of carbonyl (C=O) groups excluding carboxylic acids is 1. The Morgan fingerprint density at radius 3 is 2.85 bits per heavy atom. The minimum atomic E-state index is -0.0495. The van der Waals surface area contributed by atoms with Gasteiger partial charge in [-0.15, -0.1) is 0 Å². The van der Waals surface area contributed by atoms with Gasteiger partial charge in [-0.05, 0) is 20.8 Å². The van der Waals surface area contributed by atoms with Gasteiger partial charge in [-0.2, -0.15) is 0 Å². The summed E-state index contributed by atoms with van der Waals surface area (Å²) in [4.78, 5) is 14.5. The smallest absolute Gasteiger partial charge is 0.222 e. The molecule has 140 valence electrons. The summed E-state index contributed by atoms with van der Waals surface area (Å²) in [7, 11) is 0. The lowest BCUT2D eigenvalue weighted by Crippen LogP contribution is -2.47. The quantitative estimate of drug-likeness (QED) is 0.861. The van der Waals surface area contributed by atoms with Crippen LogP contribution in [0, 0.1) is 6.92 Å². The first-order valence-electron chi connectivity index (χ1n) is 9.16. The number of morpholine rings is 1. The SMILES string of the molecule is Cc1ccc(-c2cc(CNC(=O)CC3CN(C(C)C)CCO3)no2)cc1. The van der Waals surface area contributed by atoms with Crippen molar-refractivity contribution >= 4 is 5.91 Å². The second kappa shape index (κ2) is 8.47. The summed E-state index contributed by atoms with van der Waals surface area (Å²) in [6.07, 6.45) is 0.317. The van der Waals surface area contributed by atoms with Crippen LogP contribution in [0.1, 0.15) is 31.5 Å². The Morgan fingerprint density at radius 2 is 2.12 bits per heavy atom. The number of nitrogens with zero attached hydrogens (tertiary/aromatic N) is 2. The van der Waals surface area contributed by atoms with Crippen molar-refractivity contribution < 1.29 is 14.1 Å². The standard InChI is InChI=1S/C20H27N3O3/c1-14(2)23-8-9-25-18(13-23)11-20(24)21-12-17-10-19(26-22-17)16-6-4-15(3)5-7-16/h4-7,10,14,18H,8-9,11-13H2,1-3H3,(H,21,24). The van der Waals surface area contributed by atoms with Crippen molar-refractivity contribution in [3.63, 3.8) is 0 Å². The molecule has 0 saturated carbocycles. The Labute approximate surface area is 154 Å². The highest BCUT2D eigenvalue weighted by Crippen LogP contribution is 2.20. The summed E-state index contributed by atoms with van der Waals surface area (Å²) >= 11 is 0. The van der Waals surface area contributed by atoms with E-state index in [1.807, 2.05) is 37.3 Å². The number of hydrogen-bond donors (Lipinski definition) is 1. The van der Waals surface area contributed by atoms with Crippen LogP contribution in [0.4, 0.5) is 0 Å². The fourth-order valence-corrected chi connectivity index (χ4v) is 3.05. The number of benzene rings is 1. The van der Waals surface area contributed by atoms with Crippen LogP contribution in [0.2, 0.25) is 0 Å². The van der Waals surface area contributed by atoms with Crippen molar-refractivity contribution in [3.05, 3.63) is 41.6 Å². The molecule has 1 aromatic carbocycles. The highest BCUT2D eigenvalue weighted by Gasteiger charge is 2.24. The average Bonchev–Trinajstić information content (AvgIpc) is 3.10. The number of aryl methyl sites for hydroxylation is 1. The summed E-state index contributed by atoms with van der Waals surface area (Å²) in [5.74, 6) is 0.679. The molecule has 6 nitrogen and oxygen atoms in total. The van der Waals surface area contributed by atoms with E-state index in [9.17, 15) is 4.79 Å². The van der Waals surface area contributed by atoms with Crippen LogP contribution < -0.4 is 5.32 Å². The van der Waals surface area contributed by atoms with Gasteiger partial charge in [0.1, 0.15) is 5.69 Å². The summed E-state index contributed by atoms with van der Waals surface area (Å²) in [6.45, 7) is 9.14. The molecule has 0 radical (unpaired) electrons. The van der Waals surface area contributed by atoms with Gasteiger partial charge in [-0.1, -0.05) is 35.0 Å². The van der Waals surface area contributed by atoms with E-state index < -0.39 is 0 Å². The number of rotatable bonds is 6. The lowest BCUT2D eigenvalue weighted by atomic mass is 10.1. The van der Waals surface area contributed by atoms with Gasteiger partial charge >= 0.3 is 0 Å². The van der Waals surface area contributed by atoms with Crippen LogP contribution in [0.5, 0.6) is 0 Å². The Balaban J connectivity index is 1.48. The number of aromatic nitrogens is 1. The number of nitrogens with one attached hydrogen (secondary N) is 1. The molecule has 1 aliphatic rings. The molecule has 26 heavy (non-hydrogen) atoms. The minimum Gasteiger partial charge on any atom is -0.375 e. The molecule has 2 heterocycles. The summed E-state index contributed by atoms with van der Waals surface area (Å²) < 4.78 is 11.1. The lowest BCUT2D eigenvalue weighted by molar-refractivity contribution is -0.126. The maximum atomic E-state index is 12.2. The van der Waals surface area contributed by atoms with E-state index in [1.54, 1.807) is 0 Å². The van der Waals surface area contributed by atoms with E-state index in [-0.39, 0.29) is 12.0 Å². The Hall–Kier alpha value is -2.18. The topological polar surface area (TPSA) is 67.6 Å². The number of carbonyl (C=O) groups is 1. The zero-order valence-electron chi connectivity index (χ0n) is 15.7. The molecule has 1 aliphatic heterocycles. The first kappa shape index (κ1) is 18.6. The Bertz CT molecular complexity index is 724. The van der Waals surface area contributed by atoms with Crippen LogP contribution in [0.25, 0.3) is 11.3 Å². The maximum absolute atomic E-state index is 12.2. The van der Waals surface area contributed by atoms with Gasteiger partial charge in [0.15, 0.2) is 5.76 Å². The van der Waals surface area contributed by atoms with Crippen LogP contribution in [0.15, 0.2) is 34.9 Å². The lowest BCUT2D eigenvalue weighted by Gasteiger charge is -2.35. The molecule has 3 rings (SSSR count). The molecular weight excluding hydrogens is 330 g/mol. The normalized spacial score (nSPS) is 18.2. The molecular formula is C20H27N3O3. The van der Waals surface area contributed by atoms with Gasteiger partial charge in [0, 0.05) is 30.8 Å². The molecule has 1 atom stereocenters. The first-order chi connectivity index (χ1) is 12.5. The highest BCUT2D eigenvalue weighted by atomic mass is 16.5. The van der Waals surface area contributed by atoms with Crippen molar-refractivity contribution in [3.8, 4) is 11.3 Å². The van der Waals surface area contributed by atoms with Gasteiger partial charge in [0.25, 0.3) is 0 Å². The molecule has 0 bridgehead atoms. The van der Waals surface area contributed by atoms with E-state index in [1.165, 1.54) is 5.56 Å². The molecule has 0 aliphatic carbocycles. The van der Waals surface area contributed by atoms with Crippen molar-refractivity contribution in [2.75, 3.05) is 19.7 Å². The first-order valence-corrected chi connectivity index (χ1v) is 9.16. The van der Waals surface area contributed by atoms with E-state index >= 15 is 0 Å². The fourth-order valence-electron chi connectivity index (χ4n) is 3.05. The summed E-state index contributed by atoms with van der Waals surface area (Å²) in [6, 6.07) is 10.4. The van der Waals surface area contributed by atoms with E-state index in [4.69, 9.17) is 9.26 Å². The van der Waals surface area contributed by atoms with Gasteiger partial charge in [-0.3, -0.25) is 9.69 Å². The van der Waals surface area contributed by atoms with Crippen molar-refractivity contribution in [1.29, 1.82) is 0 Å². The monoisotopic (exact) mass is 357 g/mol. The fraction of sp³-hybridized carbons (Fsp3) is 0.500. The number of amides is 1. The third kappa shape index (κ3) is 4.93. The molecule has 1 aromatic heterocycles. The largest absolute Gasteiger partial charge is 0.375 e. The van der Waals surface area contributed by atoms with E-state index in [0.29, 0.717) is 37.1 Å². The summed E-state index contributed by atoms with van der Waals surface area (Å²) in [5, 5.41) is 6.94. The van der Waals surface area contributed by atoms with Crippen LogP contribution in [-0.4, -0.2) is 47.8 Å². The van der Waals surface area contributed by atoms with Gasteiger partial charge in [0.2, 0.25) is 5.91 Å². The molecule has 1 amide bonds. The third-order valence-electron chi connectivity index (χ3n) is 4.68. The van der Waals surface area contributed by atoms with E-state index in [2.05, 4.69) is 29.2 Å². The van der Waals surface area contributed by atoms with Crippen molar-refractivity contribution in [2.45, 2.75) is 45.9 Å². The van der Waals surface area contributed by atoms with Crippen LogP contribution in [-0.2, 0) is 16.1 Å².